The van der Waals surface area contributed by atoms with Crippen LogP contribution in [0.25, 0.3) is 11.0 Å². The fraction of sp³-hybridized carbons (Fsp3) is 0.133. The Labute approximate surface area is 120 Å². The molecule has 2 heterocycles. The second kappa shape index (κ2) is 5.23. The summed E-state index contributed by atoms with van der Waals surface area (Å²) in [6.45, 7) is 0.899. The minimum atomic E-state index is -0.298. The van der Waals surface area contributed by atoms with E-state index >= 15 is 0 Å². The van der Waals surface area contributed by atoms with Crippen molar-refractivity contribution in [3.63, 3.8) is 0 Å². The lowest BCUT2D eigenvalue weighted by atomic mass is 10.2. The van der Waals surface area contributed by atoms with Crippen molar-refractivity contribution in [3.8, 4) is 0 Å². The molecule has 3 nitrogen and oxygen atoms in total. The molecule has 20 heavy (non-hydrogen) atoms. The number of halogens is 2. The quantitative estimate of drug-likeness (QED) is 0.804. The van der Waals surface area contributed by atoms with Gasteiger partial charge in [0.25, 0.3) is 0 Å². The topological polar surface area (TPSA) is 43.8 Å². The van der Waals surface area contributed by atoms with Crippen LogP contribution in [0.1, 0.15) is 11.1 Å². The zero-order chi connectivity index (χ0) is 14.1. The summed E-state index contributed by atoms with van der Waals surface area (Å²) in [5.41, 5.74) is 8.31. The molecular formula is C15H13ClFN3. The van der Waals surface area contributed by atoms with Crippen molar-refractivity contribution in [1.82, 2.24) is 9.55 Å². The van der Waals surface area contributed by atoms with Crippen LogP contribution >= 0.6 is 11.6 Å². The first kappa shape index (κ1) is 13.1. The smallest absolute Gasteiger partial charge is 0.140 e. The van der Waals surface area contributed by atoms with E-state index in [1.807, 2.05) is 22.9 Å². The molecular weight excluding hydrogens is 277 g/mol. The molecule has 0 amide bonds. The van der Waals surface area contributed by atoms with Gasteiger partial charge in [0.05, 0.1) is 6.54 Å². The van der Waals surface area contributed by atoms with Crippen LogP contribution in [-0.2, 0) is 13.1 Å². The zero-order valence-electron chi connectivity index (χ0n) is 10.7. The molecule has 1 aromatic carbocycles. The summed E-state index contributed by atoms with van der Waals surface area (Å²) in [7, 11) is 0. The maximum Gasteiger partial charge on any atom is 0.140 e. The van der Waals surface area contributed by atoms with Crippen LogP contribution in [0.5, 0.6) is 0 Å². The van der Waals surface area contributed by atoms with Gasteiger partial charge in [-0.1, -0.05) is 11.6 Å². The predicted octanol–water partition coefficient (Wildman–Crippen LogP) is 3.34. The number of benzene rings is 1. The van der Waals surface area contributed by atoms with Crippen molar-refractivity contribution in [2.75, 3.05) is 0 Å². The number of aromatic nitrogens is 2. The Morgan fingerprint density at radius 2 is 2.10 bits per heavy atom. The lowest BCUT2D eigenvalue weighted by Gasteiger charge is -2.07. The highest BCUT2D eigenvalue weighted by molar-refractivity contribution is 6.31. The molecule has 0 unspecified atom stereocenters. The van der Waals surface area contributed by atoms with E-state index in [4.69, 9.17) is 17.3 Å². The number of nitrogens with two attached hydrogens (primary N) is 1. The molecule has 0 aliphatic rings. The molecule has 0 bridgehead atoms. The van der Waals surface area contributed by atoms with E-state index in [-0.39, 0.29) is 5.82 Å². The Morgan fingerprint density at radius 3 is 2.90 bits per heavy atom. The lowest BCUT2D eigenvalue weighted by Crippen LogP contribution is -2.00. The second-order valence-electron chi connectivity index (χ2n) is 4.60. The van der Waals surface area contributed by atoms with Crippen LogP contribution in [0.4, 0.5) is 4.39 Å². The first-order valence-corrected chi connectivity index (χ1v) is 6.63. The van der Waals surface area contributed by atoms with E-state index in [0.717, 1.165) is 22.2 Å². The molecule has 0 atom stereocenters. The van der Waals surface area contributed by atoms with Gasteiger partial charge in [-0.2, -0.15) is 0 Å². The Hall–Kier alpha value is -1.91. The molecule has 2 N–H and O–H groups in total. The van der Waals surface area contributed by atoms with Crippen LogP contribution in [0, 0.1) is 5.82 Å². The van der Waals surface area contributed by atoms with E-state index < -0.39 is 0 Å². The van der Waals surface area contributed by atoms with Crippen LogP contribution in [0.2, 0.25) is 5.02 Å². The summed E-state index contributed by atoms with van der Waals surface area (Å²) in [5.74, 6) is -0.298. The number of rotatable bonds is 3. The molecule has 3 aromatic rings. The van der Waals surface area contributed by atoms with E-state index in [9.17, 15) is 4.39 Å². The lowest BCUT2D eigenvalue weighted by molar-refractivity contribution is 0.624. The van der Waals surface area contributed by atoms with Crippen molar-refractivity contribution >= 4 is 22.6 Å². The van der Waals surface area contributed by atoms with Crippen molar-refractivity contribution in [2.24, 2.45) is 5.73 Å². The van der Waals surface area contributed by atoms with E-state index in [1.54, 1.807) is 12.3 Å². The maximum atomic E-state index is 13.3. The van der Waals surface area contributed by atoms with Crippen molar-refractivity contribution in [2.45, 2.75) is 13.1 Å². The highest BCUT2D eigenvalue weighted by Crippen LogP contribution is 2.23. The summed E-state index contributed by atoms with van der Waals surface area (Å²) in [6.07, 6.45) is 3.67. The highest BCUT2D eigenvalue weighted by Gasteiger charge is 2.10. The van der Waals surface area contributed by atoms with Crippen LogP contribution in [0.3, 0.4) is 0 Å². The normalized spacial score (nSPS) is 11.2. The van der Waals surface area contributed by atoms with Gasteiger partial charge in [0.2, 0.25) is 0 Å². The third-order valence-corrected chi connectivity index (χ3v) is 3.65. The average molecular weight is 290 g/mol. The second-order valence-corrected chi connectivity index (χ2v) is 5.00. The Balaban J connectivity index is 2.09. The molecule has 3 rings (SSSR count). The summed E-state index contributed by atoms with van der Waals surface area (Å²) in [4.78, 5) is 4.37. The van der Waals surface area contributed by atoms with Crippen molar-refractivity contribution in [3.05, 3.63) is 64.7 Å². The molecule has 2 aromatic heterocycles. The molecule has 0 saturated carbocycles. The number of hydrogen-bond acceptors (Lipinski definition) is 2. The molecule has 0 aliphatic carbocycles. The fourth-order valence-electron chi connectivity index (χ4n) is 2.33. The van der Waals surface area contributed by atoms with Gasteiger partial charge in [-0.05, 0) is 41.5 Å². The van der Waals surface area contributed by atoms with Gasteiger partial charge in [0.1, 0.15) is 11.5 Å². The Morgan fingerprint density at radius 1 is 1.25 bits per heavy atom. The van der Waals surface area contributed by atoms with E-state index in [2.05, 4.69) is 4.98 Å². The Bertz CT molecular complexity index is 767. The minimum Gasteiger partial charge on any atom is -0.328 e. The summed E-state index contributed by atoms with van der Waals surface area (Å²) >= 11 is 6.11. The number of nitrogens with zero attached hydrogens (tertiary/aromatic N) is 2. The summed E-state index contributed by atoms with van der Waals surface area (Å²) < 4.78 is 15.3. The van der Waals surface area contributed by atoms with E-state index in [0.29, 0.717) is 18.1 Å². The summed E-state index contributed by atoms with van der Waals surface area (Å²) in [5, 5.41) is 1.56. The largest absolute Gasteiger partial charge is 0.328 e. The van der Waals surface area contributed by atoms with Gasteiger partial charge in [-0.15, -0.1) is 0 Å². The monoisotopic (exact) mass is 289 g/mol. The molecule has 0 radical (unpaired) electrons. The standard InChI is InChI=1S/C15H13ClFN3/c16-14-4-3-12(17)6-10(14)8-20-9-11(7-18)13-2-1-5-19-15(13)20/h1-6,9H,7-8,18H2. The van der Waals surface area contributed by atoms with Gasteiger partial charge in [-0.25, -0.2) is 9.37 Å². The fourth-order valence-corrected chi connectivity index (χ4v) is 2.50. The Kier molecular flexibility index (Phi) is 3.42. The van der Waals surface area contributed by atoms with Gasteiger partial charge in [0.15, 0.2) is 0 Å². The summed E-state index contributed by atoms with van der Waals surface area (Å²) in [6, 6.07) is 8.22. The molecule has 5 heteroatoms. The van der Waals surface area contributed by atoms with Crippen LogP contribution in [0.15, 0.2) is 42.7 Å². The SMILES string of the molecule is NCc1cn(Cc2cc(F)ccc2Cl)c2ncccc12. The minimum absolute atomic E-state index is 0.298. The average Bonchev–Trinajstić information content (AvgIpc) is 2.81. The first-order chi connectivity index (χ1) is 9.69. The molecule has 0 saturated heterocycles. The van der Waals surface area contributed by atoms with E-state index in [1.165, 1.54) is 12.1 Å². The third-order valence-electron chi connectivity index (χ3n) is 3.28. The van der Waals surface area contributed by atoms with Gasteiger partial charge in [-0.3, -0.25) is 0 Å². The van der Waals surface area contributed by atoms with Crippen molar-refractivity contribution < 1.29 is 4.39 Å². The third kappa shape index (κ3) is 2.28. The highest BCUT2D eigenvalue weighted by atomic mass is 35.5. The van der Waals surface area contributed by atoms with Crippen LogP contribution in [-0.4, -0.2) is 9.55 Å². The number of fused-ring (bicyclic) bond motifs is 1. The zero-order valence-corrected chi connectivity index (χ0v) is 11.4. The molecule has 102 valence electrons. The van der Waals surface area contributed by atoms with Crippen LogP contribution < -0.4 is 5.73 Å². The van der Waals surface area contributed by atoms with Gasteiger partial charge >= 0.3 is 0 Å². The number of hydrogen-bond donors (Lipinski definition) is 1. The predicted molar refractivity (Wildman–Crippen MR) is 78.1 cm³/mol. The number of pyridine rings is 1. The molecule has 0 aliphatic heterocycles. The first-order valence-electron chi connectivity index (χ1n) is 6.26. The maximum absolute atomic E-state index is 13.3. The van der Waals surface area contributed by atoms with Gasteiger partial charge < -0.3 is 10.3 Å². The van der Waals surface area contributed by atoms with Gasteiger partial charge in [0, 0.05) is 29.3 Å². The van der Waals surface area contributed by atoms with Crippen molar-refractivity contribution in [1.29, 1.82) is 0 Å². The molecule has 0 fully saturated rings. The molecule has 0 spiro atoms.